The van der Waals surface area contributed by atoms with Crippen LogP contribution in [0.15, 0.2) is 0 Å². The fourth-order valence-electron chi connectivity index (χ4n) is 0.504. The van der Waals surface area contributed by atoms with E-state index in [1.165, 1.54) is 0 Å². The summed E-state index contributed by atoms with van der Waals surface area (Å²) in [4.78, 5) is 20.1. The van der Waals surface area contributed by atoms with Crippen LogP contribution in [0.5, 0.6) is 0 Å². The van der Waals surface area contributed by atoms with E-state index in [9.17, 15) is 23.1 Å². The van der Waals surface area contributed by atoms with Crippen LogP contribution >= 0.6 is 0 Å². The van der Waals surface area contributed by atoms with Gasteiger partial charge in [0, 0.05) is 12.4 Å². The molecule has 1 unspecified atom stereocenters. The van der Waals surface area contributed by atoms with Gasteiger partial charge < -0.3 is 15.6 Å². The Labute approximate surface area is 67.9 Å². The fraction of sp³-hybridized carbons (Fsp3) is 0.500. The number of hydrogen-bond donors (Lipinski definition) is 2. The summed E-state index contributed by atoms with van der Waals surface area (Å²) in [5.74, 6) is -3.21. The number of amides is 1. The van der Waals surface area contributed by atoms with Gasteiger partial charge in [-0.1, -0.05) is 0 Å². The molecule has 12 heavy (non-hydrogen) atoms. The number of carbonyl (C=O) groups excluding carboxylic acids is 2. The van der Waals surface area contributed by atoms with E-state index in [4.69, 9.17) is 4.55 Å². The summed E-state index contributed by atoms with van der Waals surface area (Å²) in [5, 5.41) is 7.73. The second kappa shape index (κ2) is 3.50. The molecule has 0 spiro atoms. The van der Waals surface area contributed by atoms with E-state index in [1.54, 1.807) is 0 Å². The number of aliphatic carboxylic acids is 1. The van der Waals surface area contributed by atoms with Crippen molar-refractivity contribution in [1.29, 1.82) is 0 Å². The molecule has 1 atom stereocenters. The zero-order valence-electron chi connectivity index (χ0n) is 5.76. The SMILES string of the molecule is NC(=O)C(CC(=O)[O-])S(=O)(=O)O. The summed E-state index contributed by atoms with van der Waals surface area (Å²) in [7, 11) is -4.75. The van der Waals surface area contributed by atoms with Crippen molar-refractivity contribution in [2.75, 3.05) is 0 Å². The molecule has 70 valence electrons. The van der Waals surface area contributed by atoms with Gasteiger partial charge in [0.1, 0.15) is 0 Å². The Morgan fingerprint density at radius 2 is 1.92 bits per heavy atom. The van der Waals surface area contributed by atoms with E-state index >= 15 is 0 Å². The van der Waals surface area contributed by atoms with Crippen molar-refractivity contribution in [1.82, 2.24) is 0 Å². The number of hydrogen-bond acceptors (Lipinski definition) is 5. The van der Waals surface area contributed by atoms with E-state index in [0.717, 1.165) is 0 Å². The lowest BCUT2D eigenvalue weighted by molar-refractivity contribution is -0.305. The number of nitrogens with two attached hydrogens (primary N) is 1. The van der Waals surface area contributed by atoms with Gasteiger partial charge in [-0.15, -0.1) is 0 Å². The standard InChI is InChI=1S/C4H7NO6S/c5-4(8)2(1-3(6)7)12(9,10)11/h2H,1H2,(H2,5,8)(H,6,7)(H,9,10,11)/p-1. The summed E-state index contributed by atoms with van der Waals surface area (Å²) in [6.07, 6.45) is -1.14. The number of rotatable bonds is 4. The van der Waals surface area contributed by atoms with Crippen molar-refractivity contribution in [2.24, 2.45) is 5.73 Å². The minimum absolute atomic E-state index is 1.14. The van der Waals surface area contributed by atoms with Gasteiger partial charge in [-0.25, -0.2) is 0 Å². The monoisotopic (exact) mass is 196 g/mol. The molecule has 0 saturated heterocycles. The third-order valence-corrected chi connectivity index (χ3v) is 2.15. The predicted molar refractivity (Wildman–Crippen MR) is 34.2 cm³/mol. The number of carboxylic acids is 1. The zero-order chi connectivity index (χ0) is 9.94. The molecule has 0 aromatic heterocycles. The van der Waals surface area contributed by atoms with Gasteiger partial charge >= 0.3 is 0 Å². The van der Waals surface area contributed by atoms with Crippen LogP contribution in [0.3, 0.4) is 0 Å². The smallest absolute Gasteiger partial charge is 0.277 e. The van der Waals surface area contributed by atoms with Crippen molar-refractivity contribution < 1.29 is 27.7 Å². The maximum Gasteiger partial charge on any atom is 0.277 e. The largest absolute Gasteiger partial charge is 0.550 e. The molecule has 0 saturated carbocycles. The highest BCUT2D eigenvalue weighted by Gasteiger charge is 2.28. The Morgan fingerprint density at radius 1 is 1.50 bits per heavy atom. The van der Waals surface area contributed by atoms with Gasteiger partial charge in [0.25, 0.3) is 10.1 Å². The van der Waals surface area contributed by atoms with Crippen LogP contribution in [0.25, 0.3) is 0 Å². The summed E-state index contributed by atoms with van der Waals surface area (Å²) >= 11 is 0. The fourth-order valence-corrected chi connectivity index (χ4v) is 1.14. The summed E-state index contributed by atoms with van der Waals surface area (Å²) < 4.78 is 28.8. The molecule has 0 aliphatic rings. The molecule has 0 aliphatic carbocycles. The quantitative estimate of drug-likeness (QED) is 0.456. The zero-order valence-corrected chi connectivity index (χ0v) is 6.58. The van der Waals surface area contributed by atoms with Crippen LogP contribution < -0.4 is 10.8 Å². The van der Waals surface area contributed by atoms with Gasteiger partial charge in [-0.3, -0.25) is 9.35 Å². The van der Waals surface area contributed by atoms with Crippen molar-refractivity contribution in [3.8, 4) is 0 Å². The second-order valence-corrected chi connectivity index (χ2v) is 3.58. The number of primary amides is 1. The van der Waals surface area contributed by atoms with Crippen molar-refractivity contribution in [3.63, 3.8) is 0 Å². The van der Waals surface area contributed by atoms with Gasteiger partial charge in [0.15, 0.2) is 5.25 Å². The van der Waals surface area contributed by atoms with E-state index in [2.05, 4.69) is 5.73 Å². The van der Waals surface area contributed by atoms with E-state index in [-0.39, 0.29) is 0 Å². The Hall–Kier alpha value is -1.15. The minimum atomic E-state index is -4.75. The maximum atomic E-state index is 10.3. The molecule has 0 aliphatic heterocycles. The van der Waals surface area contributed by atoms with Crippen LogP contribution in [0, 0.1) is 0 Å². The summed E-state index contributed by atoms with van der Waals surface area (Å²) in [6, 6.07) is 0. The molecule has 7 nitrogen and oxygen atoms in total. The molecular weight excluding hydrogens is 190 g/mol. The molecule has 0 aromatic rings. The molecule has 1 amide bonds. The molecule has 0 fully saturated rings. The van der Waals surface area contributed by atoms with Crippen molar-refractivity contribution >= 4 is 22.0 Å². The second-order valence-electron chi connectivity index (χ2n) is 1.98. The number of carboxylic acid groups (broad SMARTS) is 1. The van der Waals surface area contributed by atoms with Crippen LogP contribution in [0.4, 0.5) is 0 Å². The lowest BCUT2D eigenvalue weighted by Crippen LogP contribution is -2.40. The van der Waals surface area contributed by atoms with Crippen LogP contribution in [0.2, 0.25) is 0 Å². The average molecular weight is 196 g/mol. The molecule has 0 heterocycles. The van der Waals surface area contributed by atoms with Gasteiger partial charge in [0.05, 0.1) is 0 Å². The Bertz CT molecular complexity index is 293. The van der Waals surface area contributed by atoms with E-state index in [0.29, 0.717) is 0 Å². The van der Waals surface area contributed by atoms with Crippen molar-refractivity contribution in [2.45, 2.75) is 11.7 Å². The molecule has 3 N–H and O–H groups in total. The molecule has 0 bridgehead atoms. The highest BCUT2D eigenvalue weighted by molar-refractivity contribution is 7.87. The van der Waals surface area contributed by atoms with Crippen LogP contribution in [-0.4, -0.2) is 30.1 Å². The highest BCUT2D eigenvalue weighted by Crippen LogP contribution is 2.02. The van der Waals surface area contributed by atoms with Gasteiger partial charge in [0.2, 0.25) is 5.91 Å². The molecule has 0 radical (unpaired) electrons. The first-order valence-corrected chi connectivity index (χ1v) is 4.21. The first-order valence-electron chi connectivity index (χ1n) is 2.70. The topological polar surface area (TPSA) is 138 Å². The third-order valence-electron chi connectivity index (χ3n) is 1.03. The van der Waals surface area contributed by atoms with Crippen molar-refractivity contribution in [3.05, 3.63) is 0 Å². The van der Waals surface area contributed by atoms with Gasteiger partial charge in [-0.05, 0) is 0 Å². The predicted octanol–water partition coefficient (Wildman–Crippen LogP) is -3.13. The van der Waals surface area contributed by atoms with E-state index in [1.807, 2.05) is 0 Å². The molecule has 0 aromatic carbocycles. The van der Waals surface area contributed by atoms with Crippen LogP contribution in [0.1, 0.15) is 6.42 Å². The number of carbonyl (C=O) groups is 2. The Kier molecular flexibility index (Phi) is 3.16. The average Bonchev–Trinajstić information content (AvgIpc) is 1.79. The molecular formula is C4H6NO6S-. The highest BCUT2D eigenvalue weighted by atomic mass is 32.2. The summed E-state index contributed by atoms with van der Waals surface area (Å²) in [5.41, 5.74) is 4.50. The Balaban J connectivity index is 4.70. The molecule has 0 rings (SSSR count). The minimum Gasteiger partial charge on any atom is -0.550 e. The lowest BCUT2D eigenvalue weighted by Gasteiger charge is -2.09. The normalized spacial score (nSPS) is 13.8. The first-order chi connectivity index (χ1) is 5.25. The van der Waals surface area contributed by atoms with Crippen LogP contribution in [-0.2, 0) is 19.7 Å². The Morgan fingerprint density at radius 3 is 2.00 bits per heavy atom. The first kappa shape index (κ1) is 10.8. The summed E-state index contributed by atoms with van der Waals surface area (Å²) in [6.45, 7) is 0. The van der Waals surface area contributed by atoms with Gasteiger partial charge in [-0.2, -0.15) is 8.42 Å². The lowest BCUT2D eigenvalue weighted by atomic mass is 10.3. The van der Waals surface area contributed by atoms with E-state index < -0.39 is 33.7 Å². The maximum absolute atomic E-state index is 10.3. The third kappa shape index (κ3) is 3.30. The molecule has 8 heteroatoms.